The zero-order valence-electron chi connectivity index (χ0n) is 11.4. The van der Waals surface area contributed by atoms with Crippen LogP contribution in [0.2, 0.25) is 0 Å². The Hall–Kier alpha value is -3.03. The second kappa shape index (κ2) is 5.31. The minimum absolute atomic E-state index is 0.0485. The standard InChI is InChI=1S/C15H9F3N2O3/c16-15(17,18)23-10-3-1-8(2-4-10)11-5-9(14(21)22)6-12-13(11)20-7-19-12/h1-7H,(H,19,20)(H,21,22). The average Bonchev–Trinajstić information content (AvgIpc) is 2.93. The SMILES string of the molecule is O=C(O)c1cc(-c2ccc(OC(F)(F)F)cc2)c2nc[nH]c2c1. The molecule has 0 saturated carbocycles. The Morgan fingerprint density at radius 1 is 1.17 bits per heavy atom. The van der Waals surface area contributed by atoms with Gasteiger partial charge < -0.3 is 14.8 Å². The van der Waals surface area contributed by atoms with Gasteiger partial charge in [0.25, 0.3) is 0 Å². The van der Waals surface area contributed by atoms with E-state index in [-0.39, 0.29) is 11.3 Å². The van der Waals surface area contributed by atoms with Crippen molar-refractivity contribution in [2.45, 2.75) is 6.36 Å². The molecule has 0 spiro atoms. The minimum Gasteiger partial charge on any atom is -0.478 e. The minimum atomic E-state index is -4.76. The van der Waals surface area contributed by atoms with Gasteiger partial charge in [0.15, 0.2) is 0 Å². The van der Waals surface area contributed by atoms with Gasteiger partial charge in [0.2, 0.25) is 0 Å². The molecule has 0 aliphatic rings. The van der Waals surface area contributed by atoms with Gasteiger partial charge in [-0.05, 0) is 29.8 Å². The highest BCUT2D eigenvalue weighted by molar-refractivity contribution is 5.99. The van der Waals surface area contributed by atoms with Crippen molar-refractivity contribution in [2.24, 2.45) is 0 Å². The van der Waals surface area contributed by atoms with E-state index in [0.29, 0.717) is 22.2 Å². The summed E-state index contributed by atoms with van der Waals surface area (Å²) >= 11 is 0. The molecule has 23 heavy (non-hydrogen) atoms. The van der Waals surface area contributed by atoms with Gasteiger partial charge in [0, 0.05) is 5.56 Å². The van der Waals surface area contributed by atoms with Crippen LogP contribution in [0.1, 0.15) is 10.4 Å². The first-order chi connectivity index (χ1) is 10.8. The fraction of sp³-hybridized carbons (Fsp3) is 0.0667. The van der Waals surface area contributed by atoms with Crippen LogP contribution in [0, 0.1) is 0 Å². The molecule has 0 aliphatic heterocycles. The number of ether oxygens (including phenoxy) is 1. The molecule has 0 amide bonds. The first kappa shape index (κ1) is 14.9. The Morgan fingerprint density at radius 2 is 1.87 bits per heavy atom. The number of nitrogens with one attached hydrogen (secondary N) is 1. The van der Waals surface area contributed by atoms with Gasteiger partial charge in [-0.2, -0.15) is 0 Å². The van der Waals surface area contributed by atoms with Crippen LogP contribution >= 0.6 is 0 Å². The molecular formula is C15H9F3N2O3. The lowest BCUT2D eigenvalue weighted by molar-refractivity contribution is -0.274. The molecule has 0 atom stereocenters. The van der Waals surface area contributed by atoms with Crippen LogP contribution in [0.15, 0.2) is 42.7 Å². The van der Waals surface area contributed by atoms with E-state index in [0.717, 1.165) is 12.1 Å². The number of aromatic nitrogens is 2. The number of benzene rings is 2. The number of aromatic amines is 1. The molecule has 0 aliphatic carbocycles. The molecule has 0 radical (unpaired) electrons. The van der Waals surface area contributed by atoms with E-state index in [1.165, 1.54) is 30.6 Å². The predicted molar refractivity (Wildman–Crippen MR) is 75.2 cm³/mol. The number of alkyl halides is 3. The summed E-state index contributed by atoms with van der Waals surface area (Å²) in [6.07, 6.45) is -3.35. The lowest BCUT2D eigenvalue weighted by Gasteiger charge is -2.10. The second-order valence-corrected chi connectivity index (χ2v) is 4.70. The van der Waals surface area contributed by atoms with Gasteiger partial charge >= 0.3 is 12.3 Å². The molecule has 0 bridgehead atoms. The fourth-order valence-electron chi connectivity index (χ4n) is 2.23. The summed E-state index contributed by atoms with van der Waals surface area (Å²) in [5, 5.41) is 9.15. The summed E-state index contributed by atoms with van der Waals surface area (Å²) in [7, 11) is 0. The molecule has 3 rings (SSSR count). The predicted octanol–water partition coefficient (Wildman–Crippen LogP) is 3.83. The van der Waals surface area contributed by atoms with Crippen molar-refractivity contribution in [1.29, 1.82) is 0 Å². The summed E-state index contributed by atoms with van der Waals surface area (Å²) in [5.41, 5.74) is 2.13. The van der Waals surface area contributed by atoms with Crippen molar-refractivity contribution in [1.82, 2.24) is 9.97 Å². The maximum Gasteiger partial charge on any atom is 0.573 e. The number of hydrogen-bond donors (Lipinski definition) is 2. The van der Waals surface area contributed by atoms with Gasteiger partial charge in [0.1, 0.15) is 5.75 Å². The van der Waals surface area contributed by atoms with E-state index < -0.39 is 12.3 Å². The fourth-order valence-corrected chi connectivity index (χ4v) is 2.23. The monoisotopic (exact) mass is 322 g/mol. The lowest BCUT2D eigenvalue weighted by atomic mass is 10.0. The highest BCUT2D eigenvalue weighted by atomic mass is 19.4. The van der Waals surface area contributed by atoms with Crippen LogP contribution in [0.3, 0.4) is 0 Å². The summed E-state index contributed by atoms with van der Waals surface area (Å²) in [4.78, 5) is 18.1. The number of H-pyrrole nitrogens is 1. The molecule has 0 fully saturated rings. The van der Waals surface area contributed by atoms with Crippen LogP contribution in [0.25, 0.3) is 22.2 Å². The number of hydrogen-bond acceptors (Lipinski definition) is 3. The Bertz CT molecular complexity index is 870. The summed E-state index contributed by atoms with van der Waals surface area (Å²) in [5.74, 6) is -1.46. The Balaban J connectivity index is 2.06. The van der Waals surface area contributed by atoms with Crippen molar-refractivity contribution < 1.29 is 27.8 Å². The normalized spacial score (nSPS) is 11.6. The van der Waals surface area contributed by atoms with Crippen molar-refractivity contribution >= 4 is 17.0 Å². The van der Waals surface area contributed by atoms with Gasteiger partial charge in [-0.1, -0.05) is 12.1 Å². The molecule has 8 heteroatoms. The van der Waals surface area contributed by atoms with Crippen LogP contribution in [0.5, 0.6) is 5.75 Å². The molecule has 1 aromatic heterocycles. The first-order valence-corrected chi connectivity index (χ1v) is 6.40. The number of aromatic carboxylic acids is 1. The van der Waals surface area contributed by atoms with E-state index in [4.69, 9.17) is 5.11 Å². The Morgan fingerprint density at radius 3 is 2.48 bits per heavy atom. The number of halogens is 3. The van der Waals surface area contributed by atoms with Crippen LogP contribution < -0.4 is 4.74 Å². The highest BCUT2D eigenvalue weighted by Gasteiger charge is 2.31. The average molecular weight is 322 g/mol. The molecule has 5 nitrogen and oxygen atoms in total. The summed E-state index contributed by atoms with van der Waals surface area (Å²) in [6, 6.07) is 8.01. The van der Waals surface area contributed by atoms with Crippen molar-refractivity contribution in [3.8, 4) is 16.9 Å². The third kappa shape index (κ3) is 3.10. The Kier molecular flexibility index (Phi) is 3.44. The van der Waals surface area contributed by atoms with Gasteiger partial charge in [-0.25, -0.2) is 9.78 Å². The van der Waals surface area contributed by atoms with E-state index >= 15 is 0 Å². The largest absolute Gasteiger partial charge is 0.573 e. The number of nitrogens with zero attached hydrogens (tertiary/aromatic N) is 1. The highest BCUT2D eigenvalue weighted by Crippen LogP contribution is 2.31. The van der Waals surface area contributed by atoms with Gasteiger partial charge in [-0.15, -0.1) is 13.2 Å². The number of carbonyl (C=O) groups is 1. The van der Waals surface area contributed by atoms with Crippen LogP contribution in [0.4, 0.5) is 13.2 Å². The van der Waals surface area contributed by atoms with E-state index in [1.54, 1.807) is 0 Å². The molecule has 2 aromatic carbocycles. The maximum atomic E-state index is 12.2. The summed E-state index contributed by atoms with van der Waals surface area (Å²) in [6.45, 7) is 0. The molecule has 1 heterocycles. The van der Waals surface area contributed by atoms with Gasteiger partial charge in [-0.3, -0.25) is 0 Å². The van der Waals surface area contributed by atoms with Crippen molar-refractivity contribution in [3.63, 3.8) is 0 Å². The number of imidazole rings is 1. The van der Waals surface area contributed by atoms with Crippen LogP contribution in [-0.2, 0) is 0 Å². The Labute approximate surface area is 127 Å². The van der Waals surface area contributed by atoms with E-state index in [9.17, 15) is 18.0 Å². The molecule has 3 aromatic rings. The molecule has 0 unspecified atom stereocenters. The molecular weight excluding hydrogens is 313 g/mol. The van der Waals surface area contributed by atoms with E-state index in [1.807, 2.05) is 0 Å². The maximum absolute atomic E-state index is 12.2. The first-order valence-electron chi connectivity index (χ1n) is 6.40. The number of rotatable bonds is 3. The van der Waals surface area contributed by atoms with Crippen molar-refractivity contribution in [3.05, 3.63) is 48.3 Å². The topological polar surface area (TPSA) is 75.2 Å². The lowest BCUT2D eigenvalue weighted by Crippen LogP contribution is -2.16. The third-order valence-electron chi connectivity index (χ3n) is 3.17. The van der Waals surface area contributed by atoms with Crippen LogP contribution in [-0.4, -0.2) is 27.4 Å². The number of fused-ring (bicyclic) bond motifs is 1. The number of carboxylic acids is 1. The quantitative estimate of drug-likeness (QED) is 0.768. The van der Waals surface area contributed by atoms with Crippen molar-refractivity contribution in [2.75, 3.05) is 0 Å². The molecule has 0 saturated heterocycles. The van der Waals surface area contributed by atoms with Gasteiger partial charge in [0.05, 0.1) is 22.9 Å². The zero-order chi connectivity index (χ0) is 16.6. The van der Waals surface area contributed by atoms with E-state index in [2.05, 4.69) is 14.7 Å². The third-order valence-corrected chi connectivity index (χ3v) is 3.17. The molecule has 2 N–H and O–H groups in total. The summed E-state index contributed by atoms with van der Waals surface area (Å²) < 4.78 is 40.3. The number of carboxylic acid groups (broad SMARTS) is 1. The smallest absolute Gasteiger partial charge is 0.478 e. The second-order valence-electron chi connectivity index (χ2n) is 4.70. The molecule has 118 valence electrons. The zero-order valence-corrected chi connectivity index (χ0v) is 11.4.